The minimum Gasteiger partial charge on any atom is -0.316 e. The molecule has 0 saturated heterocycles. The molecule has 0 spiro atoms. The molecule has 18 heavy (non-hydrogen) atoms. The van der Waals surface area contributed by atoms with Crippen molar-refractivity contribution in [1.82, 2.24) is 5.32 Å². The van der Waals surface area contributed by atoms with Gasteiger partial charge in [-0.15, -0.1) is 0 Å². The second kappa shape index (κ2) is 6.41. The van der Waals surface area contributed by atoms with Crippen LogP contribution in [0, 0.1) is 6.92 Å². The number of hydrogen-bond donors (Lipinski definition) is 1. The number of hydrogen-bond acceptors (Lipinski definition) is 2. The van der Waals surface area contributed by atoms with Gasteiger partial charge in [0.25, 0.3) is 0 Å². The molecule has 2 aromatic carbocycles. The van der Waals surface area contributed by atoms with E-state index in [1.54, 1.807) is 11.8 Å². The van der Waals surface area contributed by atoms with E-state index in [9.17, 15) is 0 Å². The van der Waals surface area contributed by atoms with E-state index < -0.39 is 0 Å². The molecular weight excluding hydrogens is 306 g/mol. The lowest BCUT2D eigenvalue weighted by Crippen LogP contribution is -2.04. The van der Waals surface area contributed by atoms with Crippen molar-refractivity contribution in [3.05, 3.63) is 58.1 Å². The predicted octanol–water partition coefficient (Wildman–Crippen LogP) is 4.63. The number of benzene rings is 2. The Morgan fingerprint density at radius 3 is 2.67 bits per heavy atom. The Hall–Kier alpha value is -0.770. The third-order valence-corrected chi connectivity index (χ3v) is 4.58. The second-order valence-electron chi connectivity index (χ2n) is 4.21. The van der Waals surface area contributed by atoms with Crippen molar-refractivity contribution < 1.29 is 0 Å². The number of rotatable bonds is 4. The molecule has 0 radical (unpaired) electrons. The maximum Gasteiger partial charge on any atom is 0.0318 e. The van der Waals surface area contributed by atoms with Gasteiger partial charge in [0.15, 0.2) is 0 Å². The summed E-state index contributed by atoms with van der Waals surface area (Å²) in [5.74, 6) is 0. The van der Waals surface area contributed by atoms with Crippen molar-refractivity contribution in [2.75, 3.05) is 7.05 Å². The van der Waals surface area contributed by atoms with Crippen LogP contribution in [0.4, 0.5) is 0 Å². The van der Waals surface area contributed by atoms with Gasteiger partial charge >= 0.3 is 0 Å². The van der Waals surface area contributed by atoms with Gasteiger partial charge in [0, 0.05) is 20.8 Å². The molecule has 0 aromatic heterocycles. The Bertz CT molecular complexity index is 540. The van der Waals surface area contributed by atoms with E-state index in [1.165, 1.54) is 20.9 Å². The molecule has 0 amide bonds. The van der Waals surface area contributed by atoms with Crippen LogP contribution in [-0.4, -0.2) is 7.05 Å². The van der Waals surface area contributed by atoms with Crippen molar-refractivity contribution in [1.29, 1.82) is 0 Å². The molecule has 0 fully saturated rings. The second-order valence-corrected chi connectivity index (χ2v) is 6.18. The van der Waals surface area contributed by atoms with Gasteiger partial charge in [-0.1, -0.05) is 35.5 Å². The first-order chi connectivity index (χ1) is 8.69. The van der Waals surface area contributed by atoms with E-state index in [1.807, 2.05) is 7.05 Å². The smallest absolute Gasteiger partial charge is 0.0318 e. The highest BCUT2D eigenvalue weighted by Crippen LogP contribution is 2.34. The minimum absolute atomic E-state index is 0.897. The van der Waals surface area contributed by atoms with Gasteiger partial charge < -0.3 is 5.32 Å². The van der Waals surface area contributed by atoms with Gasteiger partial charge in [0.1, 0.15) is 0 Å². The molecule has 0 saturated carbocycles. The number of aryl methyl sites for hydroxylation is 1. The Labute approximate surface area is 121 Å². The first kappa shape index (κ1) is 13.7. The summed E-state index contributed by atoms with van der Waals surface area (Å²) in [5, 5.41) is 3.16. The largest absolute Gasteiger partial charge is 0.316 e. The fourth-order valence-electron chi connectivity index (χ4n) is 1.75. The third kappa shape index (κ3) is 3.61. The van der Waals surface area contributed by atoms with Crippen LogP contribution >= 0.6 is 27.7 Å². The van der Waals surface area contributed by atoms with E-state index in [-0.39, 0.29) is 0 Å². The van der Waals surface area contributed by atoms with Crippen LogP contribution in [0.25, 0.3) is 0 Å². The molecule has 0 atom stereocenters. The van der Waals surface area contributed by atoms with Gasteiger partial charge in [0.2, 0.25) is 0 Å². The number of halogens is 1. The standard InChI is InChI=1S/C15H16BrNS/c1-11-4-3-5-13(8-11)18-15-7-6-12(10-17-2)9-14(15)16/h3-9,17H,10H2,1-2H3. The van der Waals surface area contributed by atoms with Crippen LogP contribution in [-0.2, 0) is 6.54 Å². The van der Waals surface area contributed by atoms with Crippen LogP contribution in [0.2, 0.25) is 0 Å². The van der Waals surface area contributed by atoms with Crippen LogP contribution in [0.15, 0.2) is 56.7 Å². The van der Waals surface area contributed by atoms with Gasteiger partial charge in [-0.3, -0.25) is 0 Å². The lowest BCUT2D eigenvalue weighted by Gasteiger charge is -2.07. The normalized spacial score (nSPS) is 10.6. The monoisotopic (exact) mass is 321 g/mol. The van der Waals surface area contributed by atoms with E-state index in [0.29, 0.717) is 0 Å². The van der Waals surface area contributed by atoms with Crippen molar-refractivity contribution >= 4 is 27.7 Å². The van der Waals surface area contributed by atoms with Gasteiger partial charge in [-0.25, -0.2) is 0 Å². The van der Waals surface area contributed by atoms with Crippen molar-refractivity contribution in [3.63, 3.8) is 0 Å². The Morgan fingerprint density at radius 1 is 1.17 bits per heavy atom. The first-order valence-corrected chi connectivity index (χ1v) is 7.47. The van der Waals surface area contributed by atoms with Crippen molar-refractivity contribution in [3.8, 4) is 0 Å². The SMILES string of the molecule is CNCc1ccc(Sc2cccc(C)c2)c(Br)c1. The summed E-state index contributed by atoms with van der Waals surface area (Å²) >= 11 is 5.43. The Kier molecular flexibility index (Phi) is 4.87. The van der Waals surface area contributed by atoms with Gasteiger partial charge in [0.05, 0.1) is 0 Å². The first-order valence-electron chi connectivity index (χ1n) is 5.86. The Balaban J connectivity index is 2.19. The third-order valence-electron chi connectivity index (χ3n) is 2.59. The lowest BCUT2D eigenvalue weighted by atomic mass is 10.2. The molecular formula is C15H16BrNS. The molecule has 0 aliphatic carbocycles. The lowest BCUT2D eigenvalue weighted by molar-refractivity contribution is 0.816. The quantitative estimate of drug-likeness (QED) is 0.881. The highest BCUT2D eigenvalue weighted by atomic mass is 79.9. The van der Waals surface area contributed by atoms with E-state index in [2.05, 4.69) is 70.6 Å². The zero-order valence-electron chi connectivity index (χ0n) is 10.5. The van der Waals surface area contributed by atoms with Gasteiger partial charge in [-0.2, -0.15) is 0 Å². The zero-order valence-corrected chi connectivity index (χ0v) is 12.9. The van der Waals surface area contributed by atoms with Crippen LogP contribution in [0.5, 0.6) is 0 Å². The summed E-state index contributed by atoms with van der Waals surface area (Å²) in [4.78, 5) is 2.53. The predicted molar refractivity (Wildman–Crippen MR) is 82.2 cm³/mol. The summed E-state index contributed by atoms with van der Waals surface area (Å²) in [6, 6.07) is 15.1. The van der Waals surface area contributed by atoms with E-state index in [4.69, 9.17) is 0 Å². The molecule has 0 heterocycles. The summed E-state index contributed by atoms with van der Waals surface area (Å²) in [6.45, 7) is 3.02. The topological polar surface area (TPSA) is 12.0 Å². The van der Waals surface area contributed by atoms with Crippen LogP contribution in [0.1, 0.15) is 11.1 Å². The highest BCUT2D eigenvalue weighted by Gasteiger charge is 2.04. The van der Waals surface area contributed by atoms with Crippen LogP contribution < -0.4 is 5.32 Å². The molecule has 0 aliphatic rings. The maximum absolute atomic E-state index is 3.64. The summed E-state index contributed by atoms with van der Waals surface area (Å²) < 4.78 is 1.15. The zero-order chi connectivity index (χ0) is 13.0. The molecule has 2 rings (SSSR count). The molecule has 1 N–H and O–H groups in total. The number of nitrogens with one attached hydrogen (secondary N) is 1. The van der Waals surface area contributed by atoms with Crippen molar-refractivity contribution in [2.45, 2.75) is 23.3 Å². The average Bonchev–Trinajstić information content (AvgIpc) is 2.33. The minimum atomic E-state index is 0.897. The molecule has 94 valence electrons. The maximum atomic E-state index is 3.64. The molecule has 0 unspecified atom stereocenters. The average molecular weight is 322 g/mol. The summed E-state index contributed by atoms with van der Waals surface area (Å²) in [5.41, 5.74) is 2.58. The fraction of sp³-hybridized carbons (Fsp3) is 0.200. The summed E-state index contributed by atoms with van der Waals surface area (Å²) in [6.07, 6.45) is 0. The highest BCUT2D eigenvalue weighted by molar-refractivity contribution is 9.10. The van der Waals surface area contributed by atoms with Crippen molar-refractivity contribution in [2.24, 2.45) is 0 Å². The van der Waals surface area contributed by atoms with E-state index in [0.717, 1.165) is 11.0 Å². The molecule has 3 heteroatoms. The fourth-order valence-corrected chi connectivity index (χ4v) is 3.35. The van der Waals surface area contributed by atoms with Crippen LogP contribution in [0.3, 0.4) is 0 Å². The molecule has 0 aliphatic heterocycles. The Morgan fingerprint density at radius 2 is 2.00 bits per heavy atom. The molecule has 2 aromatic rings. The van der Waals surface area contributed by atoms with E-state index >= 15 is 0 Å². The summed E-state index contributed by atoms with van der Waals surface area (Å²) in [7, 11) is 1.96. The molecule has 1 nitrogen and oxygen atoms in total. The molecule has 0 bridgehead atoms. The van der Waals surface area contributed by atoms with Gasteiger partial charge in [-0.05, 0) is 59.7 Å².